The fourth-order valence-corrected chi connectivity index (χ4v) is 4.65. The Hall–Kier alpha value is -2.72. The highest BCUT2D eigenvalue weighted by Gasteiger charge is 2.24. The van der Waals surface area contributed by atoms with Gasteiger partial charge in [0.05, 0.1) is 11.2 Å². The summed E-state index contributed by atoms with van der Waals surface area (Å²) >= 11 is 6.06. The van der Waals surface area contributed by atoms with Crippen LogP contribution in [0.15, 0.2) is 65.1 Å². The van der Waals surface area contributed by atoms with Crippen LogP contribution in [0.25, 0.3) is 10.9 Å². The highest BCUT2D eigenvalue weighted by atomic mass is 35.5. The fourth-order valence-electron chi connectivity index (χ4n) is 4.48. The molecule has 0 saturated heterocycles. The number of aromatic amines is 1. The van der Waals surface area contributed by atoms with Gasteiger partial charge in [0.25, 0.3) is 0 Å². The lowest BCUT2D eigenvalue weighted by Gasteiger charge is -2.14. The Kier molecular flexibility index (Phi) is 10.7. The second-order valence-corrected chi connectivity index (χ2v) is 10.2. The zero-order valence-electron chi connectivity index (χ0n) is 22.7. The molecule has 0 spiro atoms. The number of rotatable bonds is 9. The Labute approximate surface area is 225 Å². The molecule has 0 aliphatic heterocycles. The molecule has 1 aliphatic carbocycles. The molecule has 37 heavy (non-hydrogen) atoms. The van der Waals surface area contributed by atoms with Crippen molar-refractivity contribution in [2.45, 2.75) is 85.0 Å². The lowest BCUT2D eigenvalue weighted by molar-refractivity contribution is 0.630. The van der Waals surface area contributed by atoms with Crippen LogP contribution in [-0.4, -0.2) is 11.2 Å². The number of nitrogens with zero attached hydrogens (tertiary/aromatic N) is 1. The van der Waals surface area contributed by atoms with Crippen LogP contribution in [0.4, 0.5) is 8.78 Å². The van der Waals surface area contributed by atoms with Gasteiger partial charge in [-0.25, -0.2) is 8.78 Å². The summed E-state index contributed by atoms with van der Waals surface area (Å²) in [6.45, 7) is 9.93. The summed E-state index contributed by atoms with van der Waals surface area (Å²) in [7, 11) is 0. The lowest BCUT2D eigenvalue weighted by atomic mass is 9.91. The van der Waals surface area contributed by atoms with E-state index in [-0.39, 0.29) is 22.6 Å². The van der Waals surface area contributed by atoms with Gasteiger partial charge < -0.3 is 4.98 Å². The van der Waals surface area contributed by atoms with Crippen molar-refractivity contribution in [3.63, 3.8) is 0 Å². The Morgan fingerprint density at radius 2 is 1.89 bits per heavy atom. The number of aromatic nitrogens is 1. The molecule has 1 aromatic heterocycles. The molecule has 0 amide bonds. The summed E-state index contributed by atoms with van der Waals surface area (Å²) in [5, 5.41) is 1.25. The van der Waals surface area contributed by atoms with Gasteiger partial charge in [-0.05, 0) is 80.7 Å². The molecule has 5 heteroatoms. The summed E-state index contributed by atoms with van der Waals surface area (Å²) in [5.41, 5.74) is 6.92. The molecule has 3 aromatic rings. The van der Waals surface area contributed by atoms with E-state index in [1.54, 1.807) is 13.0 Å². The van der Waals surface area contributed by atoms with Crippen molar-refractivity contribution in [3.8, 4) is 0 Å². The second kappa shape index (κ2) is 13.7. The molecule has 4 rings (SSSR count). The van der Waals surface area contributed by atoms with E-state index >= 15 is 0 Å². The van der Waals surface area contributed by atoms with Crippen LogP contribution in [0.1, 0.15) is 101 Å². The van der Waals surface area contributed by atoms with E-state index in [2.05, 4.69) is 48.1 Å². The van der Waals surface area contributed by atoms with Crippen molar-refractivity contribution in [1.82, 2.24) is 4.98 Å². The van der Waals surface area contributed by atoms with Crippen LogP contribution in [-0.2, 0) is 6.42 Å². The van der Waals surface area contributed by atoms with E-state index in [4.69, 9.17) is 11.6 Å². The molecule has 0 bridgehead atoms. The van der Waals surface area contributed by atoms with Crippen molar-refractivity contribution >= 4 is 28.7 Å². The minimum atomic E-state index is -0.365. The van der Waals surface area contributed by atoms with E-state index in [9.17, 15) is 8.78 Å². The first-order chi connectivity index (χ1) is 17.8. The molecule has 1 heterocycles. The van der Waals surface area contributed by atoms with Crippen molar-refractivity contribution in [2.24, 2.45) is 4.99 Å². The molecule has 1 fully saturated rings. The van der Waals surface area contributed by atoms with E-state index in [1.165, 1.54) is 53.6 Å². The summed E-state index contributed by atoms with van der Waals surface area (Å²) in [5.74, 6) is 0.353. The number of unbranched alkanes of at least 4 members (excludes halogenated alkanes) is 1. The average Bonchev–Trinajstić information content (AvgIpc) is 3.69. The molecule has 1 saturated carbocycles. The summed E-state index contributed by atoms with van der Waals surface area (Å²) in [4.78, 5) is 7.37. The Morgan fingerprint density at radius 1 is 1.19 bits per heavy atom. The van der Waals surface area contributed by atoms with Gasteiger partial charge in [0.1, 0.15) is 11.6 Å². The topological polar surface area (TPSA) is 28.1 Å². The van der Waals surface area contributed by atoms with Gasteiger partial charge in [-0.15, -0.1) is 0 Å². The first-order valence-corrected chi connectivity index (χ1v) is 13.8. The van der Waals surface area contributed by atoms with Crippen LogP contribution in [0, 0.1) is 5.82 Å². The Morgan fingerprint density at radius 3 is 2.49 bits per heavy atom. The number of fused-ring (bicyclic) bond motifs is 1. The first kappa shape index (κ1) is 28.8. The number of allylic oxidation sites excluding steroid dienone is 4. The summed E-state index contributed by atoms with van der Waals surface area (Å²) in [6, 6.07) is 12.4. The van der Waals surface area contributed by atoms with Crippen LogP contribution in [0.5, 0.6) is 0 Å². The summed E-state index contributed by atoms with van der Waals surface area (Å²) < 4.78 is 26.4. The monoisotopic (exact) mass is 524 g/mol. The summed E-state index contributed by atoms with van der Waals surface area (Å²) in [6.07, 6.45) is 11.4. The molecule has 1 N–H and O–H groups in total. The number of halogens is 3. The molecule has 198 valence electrons. The van der Waals surface area contributed by atoms with E-state index in [0.29, 0.717) is 0 Å². The lowest BCUT2D eigenvalue weighted by Crippen LogP contribution is -2.01. The van der Waals surface area contributed by atoms with Crippen LogP contribution in [0.2, 0.25) is 5.02 Å². The zero-order chi connectivity index (χ0) is 26.9. The van der Waals surface area contributed by atoms with E-state index in [0.717, 1.165) is 48.2 Å². The van der Waals surface area contributed by atoms with E-state index in [1.807, 2.05) is 19.9 Å². The maximum absolute atomic E-state index is 13.9. The Balaban J connectivity index is 0.000000295. The fraction of sp³-hybridized carbons (Fsp3) is 0.406. The predicted octanol–water partition coefficient (Wildman–Crippen LogP) is 10.6. The minimum Gasteiger partial charge on any atom is -0.358 e. The second-order valence-electron chi connectivity index (χ2n) is 9.78. The maximum atomic E-state index is 13.9. The number of aliphatic imine (C=N–C) groups is 1. The number of aryl methyl sites for hydroxylation is 1. The van der Waals surface area contributed by atoms with Gasteiger partial charge in [0.2, 0.25) is 0 Å². The van der Waals surface area contributed by atoms with Gasteiger partial charge in [-0.3, -0.25) is 4.99 Å². The highest BCUT2D eigenvalue weighted by molar-refractivity contribution is 6.31. The predicted molar refractivity (Wildman–Crippen MR) is 155 cm³/mol. The molecule has 1 atom stereocenters. The number of H-pyrrole nitrogens is 1. The van der Waals surface area contributed by atoms with Crippen molar-refractivity contribution < 1.29 is 8.78 Å². The van der Waals surface area contributed by atoms with Crippen LogP contribution >= 0.6 is 11.6 Å². The van der Waals surface area contributed by atoms with Crippen molar-refractivity contribution in [2.75, 3.05) is 0 Å². The largest absolute Gasteiger partial charge is 0.358 e. The third-order valence-corrected chi connectivity index (χ3v) is 7.14. The van der Waals surface area contributed by atoms with Gasteiger partial charge in [-0.2, -0.15) is 0 Å². The minimum absolute atomic E-state index is 0.197. The molecule has 1 aliphatic rings. The van der Waals surface area contributed by atoms with Crippen molar-refractivity contribution in [1.29, 1.82) is 0 Å². The van der Waals surface area contributed by atoms with Gasteiger partial charge in [0.15, 0.2) is 0 Å². The van der Waals surface area contributed by atoms with Gasteiger partial charge in [0, 0.05) is 28.2 Å². The van der Waals surface area contributed by atoms with Crippen LogP contribution in [0.3, 0.4) is 0 Å². The standard InChI is InChI=1S/C23H25ClFN.C9H14FN/c1-3-4-5-18-19-12-20(24)21(25)13-22(19)26-23(18)14(2)15-6-8-16(9-7-15)17-10-11-17;1-4-6-8(3)11-7-9(10)5-2/h6-9,12-14,17,26H,3-5,10-11H2,1-2H3;5-7H,4H2,1-3H3/b;8-6+,9-5+,11-7+. The smallest absolute Gasteiger partial charge is 0.143 e. The van der Waals surface area contributed by atoms with Crippen molar-refractivity contribution in [3.05, 3.63) is 93.3 Å². The number of hydrogen-bond donors (Lipinski definition) is 1. The molecule has 0 radical (unpaired) electrons. The molecule has 1 unspecified atom stereocenters. The molecular weight excluding hydrogens is 486 g/mol. The third kappa shape index (κ3) is 7.88. The normalized spacial score (nSPS) is 15.2. The first-order valence-electron chi connectivity index (χ1n) is 13.4. The Bertz CT molecular complexity index is 1260. The third-order valence-electron chi connectivity index (χ3n) is 6.85. The highest BCUT2D eigenvalue weighted by Crippen LogP contribution is 2.41. The zero-order valence-corrected chi connectivity index (χ0v) is 23.4. The van der Waals surface area contributed by atoms with Gasteiger partial charge >= 0.3 is 0 Å². The quantitative estimate of drug-likeness (QED) is 0.269. The molecule has 2 nitrogen and oxygen atoms in total. The molecular formula is C32H39ClF2N2. The molecule has 2 aromatic carbocycles. The SMILES string of the molecule is CCCCc1c(C(C)c2ccc(C3CC3)cc2)[nH]c2cc(F)c(Cl)cc12.C\C=C(F)/C=N/C(C)=C/CC. The average molecular weight is 525 g/mol. The number of benzene rings is 2. The van der Waals surface area contributed by atoms with E-state index < -0.39 is 0 Å². The van der Waals surface area contributed by atoms with Gasteiger partial charge in [-0.1, -0.05) is 75.2 Å². The number of nitrogens with one attached hydrogen (secondary N) is 1. The maximum Gasteiger partial charge on any atom is 0.143 e. The number of hydrogen-bond acceptors (Lipinski definition) is 1. The van der Waals surface area contributed by atoms with Crippen LogP contribution < -0.4 is 0 Å².